The van der Waals surface area contributed by atoms with Gasteiger partial charge in [0, 0.05) is 38.8 Å². The molecule has 0 radical (unpaired) electrons. The minimum atomic E-state index is -3.56. The van der Waals surface area contributed by atoms with Gasteiger partial charge in [-0.15, -0.1) is 6.58 Å². The molecule has 152 valence electrons. The lowest BCUT2D eigenvalue weighted by Crippen LogP contribution is -2.59. The van der Waals surface area contributed by atoms with Crippen molar-refractivity contribution in [3.63, 3.8) is 0 Å². The molecule has 0 atom stereocenters. The molecule has 2 heterocycles. The van der Waals surface area contributed by atoms with Crippen LogP contribution in [0.5, 0.6) is 0 Å². The number of hydrogen-bond donors (Lipinski definition) is 0. The van der Waals surface area contributed by atoms with Crippen LogP contribution in [-0.4, -0.2) is 73.1 Å². The second kappa shape index (κ2) is 8.45. The molecule has 2 aliphatic rings. The number of amides is 2. The maximum atomic E-state index is 13.1. The molecule has 7 nitrogen and oxygen atoms in total. The monoisotopic (exact) mass is 405 g/mol. The molecule has 0 aromatic heterocycles. The van der Waals surface area contributed by atoms with Gasteiger partial charge in [0.1, 0.15) is 0 Å². The van der Waals surface area contributed by atoms with E-state index in [1.807, 2.05) is 19.1 Å². The number of nitrogens with zero attached hydrogens (tertiary/aromatic N) is 3. The molecule has 0 unspecified atom stereocenters. The van der Waals surface area contributed by atoms with E-state index in [-0.39, 0.29) is 6.04 Å². The summed E-state index contributed by atoms with van der Waals surface area (Å²) in [5.74, 6) is -0.996. The highest BCUT2D eigenvalue weighted by Crippen LogP contribution is 2.26. The van der Waals surface area contributed by atoms with Crippen molar-refractivity contribution >= 4 is 21.8 Å². The molecule has 0 bridgehead atoms. The van der Waals surface area contributed by atoms with E-state index in [0.29, 0.717) is 56.9 Å². The molecule has 2 fully saturated rings. The van der Waals surface area contributed by atoms with Gasteiger partial charge in [-0.2, -0.15) is 4.31 Å². The SMILES string of the molecule is C=CCN1CCN(C2CCN(S(=O)(=O)c3ccccc3CC)CC2)C(=O)C1=O. The zero-order valence-corrected chi connectivity index (χ0v) is 17.0. The summed E-state index contributed by atoms with van der Waals surface area (Å²) in [6.45, 7) is 7.58. The van der Waals surface area contributed by atoms with Crippen LogP contribution in [0.25, 0.3) is 0 Å². The predicted molar refractivity (Wildman–Crippen MR) is 106 cm³/mol. The van der Waals surface area contributed by atoms with Gasteiger partial charge in [-0.3, -0.25) is 9.59 Å². The Morgan fingerprint density at radius 2 is 1.75 bits per heavy atom. The van der Waals surface area contributed by atoms with Crippen molar-refractivity contribution in [2.24, 2.45) is 0 Å². The molecule has 2 saturated heterocycles. The van der Waals surface area contributed by atoms with Gasteiger partial charge in [0.25, 0.3) is 0 Å². The van der Waals surface area contributed by atoms with Gasteiger partial charge in [-0.1, -0.05) is 31.2 Å². The molecular formula is C20H27N3O4S. The Morgan fingerprint density at radius 3 is 2.39 bits per heavy atom. The summed E-state index contributed by atoms with van der Waals surface area (Å²) in [7, 11) is -3.56. The third-order valence-electron chi connectivity index (χ3n) is 5.53. The lowest BCUT2D eigenvalue weighted by atomic mass is 10.0. The number of hydrogen-bond acceptors (Lipinski definition) is 4. The highest BCUT2D eigenvalue weighted by Gasteiger charge is 2.39. The fraction of sp³-hybridized carbons (Fsp3) is 0.500. The quantitative estimate of drug-likeness (QED) is 0.527. The average Bonchev–Trinajstić information content (AvgIpc) is 2.72. The van der Waals surface area contributed by atoms with Crippen molar-refractivity contribution in [1.82, 2.24) is 14.1 Å². The third kappa shape index (κ3) is 3.84. The molecule has 2 aliphatic heterocycles. The first kappa shape index (κ1) is 20.5. The number of carbonyl (C=O) groups excluding carboxylic acids is 2. The summed E-state index contributed by atoms with van der Waals surface area (Å²) >= 11 is 0. The van der Waals surface area contributed by atoms with Gasteiger partial charge in [0.05, 0.1) is 4.90 Å². The minimum Gasteiger partial charge on any atom is -0.330 e. The van der Waals surface area contributed by atoms with Crippen LogP contribution in [0.4, 0.5) is 0 Å². The van der Waals surface area contributed by atoms with Crippen molar-refractivity contribution in [3.05, 3.63) is 42.5 Å². The molecule has 0 N–H and O–H groups in total. The largest absolute Gasteiger partial charge is 0.330 e. The van der Waals surface area contributed by atoms with Crippen molar-refractivity contribution in [1.29, 1.82) is 0 Å². The molecule has 8 heteroatoms. The van der Waals surface area contributed by atoms with Crippen molar-refractivity contribution in [3.8, 4) is 0 Å². The van der Waals surface area contributed by atoms with Crippen LogP contribution in [0.15, 0.2) is 41.8 Å². The Morgan fingerprint density at radius 1 is 1.07 bits per heavy atom. The van der Waals surface area contributed by atoms with Crippen LogP contribution in [0.1, 0.15) is 25.3 Å². The Labute approximate surface area is 166 Å². The smallest absolute Gasteiger partial charge is 0.312 e. The van der Waals surface area contributed by atoms with Crippen LogP contribution in [0, 0.1) is 0 Å². The standard InChI is InChI=1S/C20H27N3O4S/c1-3-11-21-14-15-23(20(25)19(21)24)17-9-12-22(13-10-17)28(26,27)18-8-6-5-7-16(18)4-2/h3,5-8,17H,1,4,9-15H2,2H3. The van der Waals surface area contributed by atoms with Crippen LogP contribution in [0.3, 0.4) is 0 Å². The first-order valence-corrected chi connectivity index (χ1v) is 11.1. The highest BCUT2D eigenvalue weighted by atomic mass is 32.2. The average molecular weight is 406 g/mol. The fourth-order valence-electron chi connectivity index (χ4n) is 3.95. The van der Waals surface area contributed by atoms with Gasteiger partial charge in [-0.05, 0) is 30.9 Å². The molecule has 0 spiro atoms. The van der Waals surface area contributed by atoms with E-state index in [2.05, 4.69) is 6.58 Å². The lowest BCUT2D eigenvalue weighted by Gasteiger charge is -2.41. The van der Waals surface area contributed by atoms with E-state index in [0.717, 1.165) is 5.56 Å². The van der Waals surface area contributed by atoms with Gasteiger partial charge < -0.3 is 9.80 Å². The second-order valence-electron chi connectivity index (χ2n) is 7.13. The van der Waals surface area contributed by atoms with E-state index in [4.69, 9.17) is 0 Å². The summed E-state index contributed by atoms with van der Waals surface area (Å²) in [6.07, 6.45) is 3.33. The predicted octanol–water partition coefficient (Wildman–Crippen LogP) is 1.26. The Hall–Kier alpha value is -2.19. The van der Waals surface area contributed by atoms with Crippen molar-refractivity contribution in [2.75, 3.05) is 32.7 Å². The van der Waals surface area contributed by atoms with Crippen LogP contribution in [-0.2, 0) is 26.0 Å². The summed E-state index contributed by atoms with van der Waals surface area (Å²) < 4.78 is 27.6. The Bertz CT molecular complexity index is 860. The minimum absolute atomic E-state index is 0.102. The van der Waals surface area contributed by atoms with Gasteiger partial charge in [-0.25, -0.2) is 8.42 Å². The third-order valence-corrected chi connectivity index (χ3v) is 7.53. The van der Waals surface area contributed by atoms with Crippen LogP contribution < -0.4 is 0 Å². The van der Waals surface area contributed by atoms with E-state index >= 15 is 0 Å². The first-order chi connectivity index (χ1) is 13.4. The van der Waals surface area contributed by atoms with Crippen molar-refractivity contribution in [2.45, 2.75) is 37.1 Å². The maximum Gasteiger partial charge on any atom is 0.312 e. The molecule has 3 rings (SSSR count). The van der Waals surface area contributed by atoms with E-state index in [9.17, 15) is 18.0 Å². The van der Waals surface area contributed by atoms with Crippen molar-refractivity contribution < 1.29 is 18.0 Å². The normalized spacial score (nSPS) is 19.9. The van der Waals surface area contributed by atoms with E-state index in [1.54, 1.807) is 23.1 Å². The number of piperidine rings is 1. The first-order valence-electron chi connectivity index (χ1n) is 9.69. The molecule has 0 saturated carbocycles. The number of aryl methyl sites for hydroxylation is 1. The van der Waals surface area contributed by atoms with Crippen LogP contribution in [0.2, 0.25) is 0 Å². The topological polar surface area (TPSA) is 78.0 Å². The summed E-state index contributed by atoms with van der Waals surface area (Å²) in [5.41, 5.74) is 0.809. The number of sulfonamides is 1. The Kier molecular flexibility index (Phi) is 6.20. The molecule has 1 aromatic carbocycles. The maximum absolute atomic E-state index is 13.1. The summed E-state index contributed by atoms with van der Waals surface area (Å²) in [4.78, 5) is 28.2. The number of benzene rings is 1. The number of rotatable bonds is 6. The highest BCUT2D eigenvalue weighted by molar-refractivity contribution is 7.89. The molecule has 2 amide bonds. The van der Waals surface area contributed by atoms with E-state index < -0.39 is 21.8 Å². The lowest BCUT2D eigenvalue weighted by molar-refractivity contribution is -0.157. The van der Waals surface area contributed by atoms with Crippen LogP contribution >= 0.6 is 0 Å². The zero-order valence-electron chi connectivity index (χ0n) is 16.2. The molecule has 1 aromatic rings. The van der Waals surface area contributed by atoms with Gasteiger partial charge >= 0.3 is 11.8 Å². The molecular weight excluding hydrogens is 378 g/mol. The number of carbonyl (C=O) groups is 2. The summed E-state index contributed by atoms with van der Waals surface area (Å²) in [5, 5.41) is 0. The fourth-order valence-corrected chi connectivity index (χ4v) is 5.71. The Balaban J connectivity index is 1.67. The van der Waals surface area contributed by atoms with Gasteiger partial charge in [0.2, 0.25) is 10.0 Å². The van der Waals surface area contributed by atoms with Gasteiger partial charge in [0.15, 0.2) is 0 Å². The number of piperazine rings is 1. The summed E-state index contributed by atoms with van der Waals surface area (Å²) in [6, 6.07) is 6.98. The molecule has 0 aliphatic carbocycles. The van der Waals surface area contributed by atoms with E-state index in [1.165, 1.54) is 9.21 Å². The zero-order chi connectivity index (χ0) is 20.3. The second-order valence-corrected chi connectivity index (χ2v) is 9.04. The molecule has 28 heavy (non-hydrogen) atoms.